The molecule has 1 saturated heterocycles. The molecular weight excluding hydrogens is 267 g/mol. The first-order chi connectivity index (χ1) is 10.0. The lowest BCUT2D eigenvalue weighted by atomic mass is 9.95. The molecule has 2 atom stereocenters. The number of halogens is 1. The fourth-order valence-corrected chi connectivity index (χ4v) is 3.17. The van der Waals surface area contributed by atoms with Crippen LogP contribution < -0.4 is 11.3 Å². The van der Waals surface area contributed by atoms with E-state index in [1.165, 1.54) is 12.5 Å². The maximum Gasteiger partial charge on any atom is 0.123 e. The highest BCUT2D eigenvalue weighted by Crippen LogP contribution is 2.17. The zero-order valence-electron chi connectivity index (χ0n) is 13.3. The van der Waals surface area contributed by atoms with Crippen LogP contribution in [0.2, 0.25) is 0 Å². The van der Waals surface area contributed by atoms with Gasteiger partial charge in [-0.25, -0.2) is 4.39 Å². The number of likely N-dealkylation sites (N-methyl/N-ethyl adjacent to an activating group) is 2. The maximum absolute atomic E-state index is 13.2. The van der Waals surface area contributed by atoms with Crippen LogP contribution in [-0.4, -0.2) is 55.6 Å². The van der Waals surface area contributed by atoms with Crippen LogP contribution in [0.25, 0.3) is 0 Å². The van der Waals surface area contributed by atoms with Crippen LogP contribution in [0, 0.1) is 12.7 Å². The SMILES string of the molecule is Cc1cc(F)ccc1CC(NN)C1CN(C)CCCN1C. The summed E-state index contributed by atoms with van der Waals surface area (Å²) in [5.74, 6) is 5.64. The van der Waals surface area contributed by atoms with E-state index in [-0.39, 0.29) is 11.9 Å². The number of aryl methyl sites for hydroxylation is 1. The van der Waals surface area contributed by atoms with E-state index in [2.05, 4.69) is 29.3 Å². The Bertz CT molecular complexity index is 466. The van der Waals surface area contributed by atoms with Crippen molar-refractivity contribution in [3.63, 3.8) is 0 Å². The van der Waals surface area contributed by atoms with Crippen LogP contribution in [0.4, 0.5) is 4.39 Å². The van der Waals surface area contributed by atoms with Gasteiger partial charge in [-0.15, -0.1) is 0 Å². The van der Waals surface area contributed by atoms with Gasteiger partial charge in [-0.3, -0.25) is 11.3 Å². The van der Waals surface area contributed by atoms with E-state index in [1.807, 2.05) is 13.0 Å². The summed E-state index contributed by atoms with van der Waals surface area (Å²) in [7, 11) is 4.31. The van der Waals surface area contributed by atoms with Crippen molar-refractivity contribution in [1.29, 1.82) is 0 Å². The van der Waals surface area contributed by atoms with E-state index in [1.54, 1.807) is 6.07 Å². The lowest BCUT2D eigenvalue weighted by Crippen LogP contribution is -2.55. The van der Waals surface area contributed by atoms with E-state index < -0.39 is 0 Å². The summed E-state index contributed by atoms with van der Waals surface area (Å²) in [6, 6.07) is 5.49. The number of nitrogens with zero attached hydrogens (tertiary/aromatic N) is 2. The average Bonchev–Trinajstić information content (AvgIpc) is 2.60. The third-order valence-electron chi connectivity index (χ3n) is 4.54. The molecule has 1 heterocycles. The molecule has 0 bridgehead atoms. The molecule has 1 aliphatic rings. The molecular formula is C16H27FN4. The number of hydrazine groups is 1. The van der Waals surface area contributed by atoms with Crippen molar-refractivity contribution in [2.24, 2.45) is 5.84 Å². The molecule has 2 unspecified atom stereocenters. The Kier molecular flexibility index (Phi) is 5.70. The van der Waals surface area contributed by atoms with Crippen molar-refractivity contribution < 1.29 is 4.39 Å². The molecule has 0 amide bonds. The van der Waals surface area contributed by atoms with E-state index in [4.69, 9.17) is 5.84 Å². The average molecular weight is 294 g/mol. The molecule has 2 rings (SSSR count). The molecule has 1 aliphatic heterocycles. The summed E-state index contributed by atoms with van der Waals surface area (Å²) in [6.07, 6.45) is 1.99. The predicted octanol–water partition coefficient (Wildman–Crippen LogP) is 1.14. The van der Waals surface area contributed by atoms with E-state index in [0.717, 1.165) is 37.2 Å². The van der Waals surface area contributed by atoms with Gasteiger partial charge in [-0.05, 0) is 70.2 Å². The third-order valence-corrected chi connectivity index (χ3v) is 4.54. The van der Waals surface area contributed by atoms with Crippen LogP contribution in [0.15, 0.2) is 18.2 Å². The molecule has 0 aromatic heterocycles. The monoisotopic (exact) mass is 294 g/mol. The van der Waals surface area contributed by atoms with Gasteiger partial charge in [0.15, 0.2) is 0 Å². The smallest absolute Gasteiger partial charge is 0.123 e. The van der Waals surface area contributed by atoms with Gasteiger partial charge in [0, 0.05) is 18.6 Å². The Hall–Kier alpha value is -1.01. The minimum Gasteiger partial charge on any atom is -0.305 e. The second kappa shape index (κ2) is 7.31. The number of nitrogens with one attached hydrogen (secondary N) is 1. The lowest BCUT2D eigenvalue weighted by Gasteiger charge is -2.34. The normalized spacial score (nSPS) is 23.0. The fraction of sp³-hybridized carbons (Fsp3) is 0.625. The van der Waals surface area contributed by atoms with Crippen molar-refractivity contribution in [2.45, 2.75) is 31.8 Å². The minimum atomic E-state index is -0.181. The Labute approximate surface area is 127 Å². The first-order valence-electron chi connectivity index (χ1n) is 7.61. The van der Waals surface area contributed by atoms with Gasteiger partial charge in [0.25, 0.3) is 0 Å². The highest BCUT2D eigenvalue weighted by molar-refractivity contribution is 5.27. The number of benzene rings is 1. The number of hydrogen-bond donors (Lipinski definition) is 2. The summed E-state index contributed by atoms with van der Waals surface area (Å²) in [5.41, 5.74) is 5.12. The second-order valence-corrected chi connectivity index (χ2v) is 6.21. The molecule has 0 radical (unpaired) electrons. The maximum atomic E-state index is 13.2. The van der Waals surface area contributed by atoms with E-state index in [9.17, 15) is 4.39 Å². The third kappa shape index (κ3) is 4.23. The van der Waals surface area contributed by atoms with Crippen LogP contribution in [0.5, 0.6) is 0 Å². The summed E-state index contributed by atoms with van der Waals surface area (Å²) in [5, 5.41) is 0. The number of rotatable bonds is 4. The minimum absolute atomic E-state index is 0.153. The summed E-state index contributed by atoms with van der Waals surface area (Å²) >= 11 is 0. The fourth-order valence-electron chi connectivity index (χ4n) is 3.17. The molecule has 21 heavy (non-hydrogen) atoms. The molecule has 1 fully saturated rings. The molecule has 1 aromatic rings. The van der Waals surface area contributed by atoms with Gasteiger partial charge >= 0.3 is 0 Å². The molecule has 4 nitrogen and oxygen atoms in total. The van der Waals surface area contributed by atoms with E-state index in [0.29, 0.717) is 6.04 Å². The molecule has 118 valence electrons. The summed E-state index contributed by atoms with van der Waals surface area (Å²) < 4.78 is 13.2. The van der Waals surface area contributed by atoms with Crippen molar-refractivity contribution >= 4 is 0 Å². The molecule has 0 aliphatic carbocycles. The zero-order chi connectivity index (χ0) is 15.4. The summed E-state index contributed by atoms with van der Waals surface area (Å²) in [6.45, 7) is 5.14. The Morgan fingerprint density at radius 1 is 1.38 bits per heavy atom. The molecule has 0 saturated carbocycles. The summed E-state index contributed by atoms with van der Waals surface area (Å²) in [4.78, 5) is 4.74. The quantitative estimate of drug-likeness (QED) is 0.646. The van der Waals surface area contributed by atoms with E-state index >= 15 is 0 Å². The van der Waals surface area contributed by atoms with Crippen LogP contribution in [0.3, 0.4) is 0 Å². The first kappa shape index (κ1) is 16.4. The van der Waals surface area contributed by atoms with Gasteiger partial charge in [0.05, 0.1) is 0 Å². The highest BCUT2D eigenvalue weighted by atomic mass is 19.1. The van der Waals surface area contributed by atoms with Gasteiger partial charge in [0.2, 0.25) is 0 Å². The largest absolute Gasteiger partial charge is 0.305 e. The van der Waals surface area contributed by atoms with Gasteiger partial charge in [-0.1, -0.05) is 6.07 Å². The topological polar surface area (TPSA) is 44.5 Å². The van der Waals surface area contributed by atoms with Gasteiger partial charge in [-0.2, -0.15) is 0 Å². The first-order valence-corrected chi connectivity index (χ1v) is 7.61. The van der Waals surface area contributed by atoms with Gasteiger partial charge < -0.3 is 9.80 Å². The van der Waals surface area contributed by atoms with Crippen LogP contribution in [-0.2, 0) is 6.42 Å². The van der Waals surface area contributed by atoms with Crippen LogP contribution >= 0.6 is 0 Å². The number of nitrogens with two attached hydrogens (primary N) is 1. The van der Waals surface area contributed by atoms with Crippen molar-refractivity contribution in [1.82, 2.24) is 15.2 Å². The van der Waals surface area contributed by atoms with Crippen molar-refractivity contribution in [2.75, 3.05) is 33.7 Å². The second-order valence-electron chi connectivity index (χ2n) is 6.21. The Morgan fingerprint density at radius 2 is 2.14 bits per heavy atom. The Balaban J connectivity index is 2.14. The molecule has 0 spiro atoms. The number of hydrogen-bond acceptors (Lipinski definition) is 4. The van der Waals surface area contributed by atoms with Crippen molar-refractivity contribution in [3.8, 4) is 0 Å². The van der Waals surface area contributed by atoms with Gasteiger partial charge in [0.1, 0.15) is 5.82 Å². The zero-order valence-corrected chi connectivity index (χ0v) is 13.3. The predicted molar refractivity (Wildman–Crippen MR) is 84.5 cm³/mol. The molecule has 3 N–H and O–H groups in total. The van der Waals surface area contributed by atoms with Crippen molar-refractivity contribution in [3.05, 3.63) is 35.1 Å². The standard InChI is InChI=1S/C16H27FN4/c1-12-9-14(17)6-5-13(12)10-15(19-18)16-11-20(2)7-4-8-21(16)3/h5-6,9,15-16,19H,4,7-8,10-11,18H2,1-3H3. The molecule has 1 aromatic carbocycles. The highest BCUT2D eigenvalue weighted by Gasteiger charge is 2.28. The molecule has 5 heteroatoms. The van der Waals surface area contributed by atoms with Crippen LogP contribution in [0.1, 0.15) is 17.5 Å². The Morgan fingerprint density at radius 3 is 2.81 bits per heavy atom. The lowest BCUT2D eigenvalue weighted by molar-refractivity contribution is 0.177.